The summed E-state index contributed by atoms with van der Waals surface area (Å²) in [6.45, 7) is 2.99. The van der Waals surface area contributed by atoms with E-state index in [0.717, 1.165) is 17.5 Å². The van der Waals surface area contributed by atoms with Crippen LogP contribution in [0, 0.1) is 6.92 Å². The molecular weight excluding hydrogens is 264 g/mol. The summed E-state index contributed by atoms with van der Waals surface area (Å²) in [5, 5.41) is 6.99. The van der Waals surface area contributed by atoms with Crippen molar-refractivity contribution in [3.63, 3.8) is 0 Å². The fourth-order valence-electron chi connectivity index (χ4n) is 3.09. The second-order valence-electron chi connectivity index (χ2n) is 5.70. The van der Waals surface area contributed by atoms with Crippen LogP contribution in [-0.4, -0.2) is 11.0 Å². The highest BCUT2D eigenvalue weighted by Gasteiger charge is 2.21. The van der Waals surface area contributed by atoms with Gasteiger partial charge in [-0.3, -0.25) is 0 Å². The van der Waals surface area contributed by atoms with Crippen molar-refractivity contribution in [2.24, 2.45) is 0 Å². The molecule has 0 unspecified atom stereocenters. The van der Waals surface area contributed by atoms with Gasteiger partial charge in [0.15, 0.2) is 0 Å². The Balaban J connectivity index is 1.47. The third kappa shape index (κ3) is 3.47. The smallest absolute Gasteiger partial charge is 0.0897 e. The van der Waals surface area contributed by atoms with Crippen LogP contribution in [0.5, 0.6) is 0 Å². The van der Waals surface area contributed by atoms with Crippen molar-refractivity contribution in [3.05, 3.63) is 52.0 Å². The number of aryl methyl sites for hydroxylation is 1. The van der Waals surface area contributed by atoms with Crippen molar-refractivity contribution in [2.45, 2.75) is 51.1 Å². The molecule has 1 saturated carbocycles. The number of hydrogen-bond donors (Lipinski definition) is 1. The monoisotopic (exact) mass is 286 g/mol. The normalized spacial score (nSPS) is 22.9. The average Bonchev–Trinajstić information content (AvgIpc) is 2.92. The minimum atomic E-state index is 0.664. The quantitative estimate of drug-likeness (QED) is 0.908. The molecule has 0 radical (unpaired) electrons. The summed E-state index contributed by atoms with van der Waals surface area (Å²) in [6.07, 6.45) is 5.17. The molecule has 0 spiro atoms. The van der Waals surface area contributed by atoms with Gasteiger partial charge in [0, 0.05) is 18.0 Å². The Labute approximate surface area is 125 Å². The maximum absolute atomic E-state index is 4.51. The summed E-state index contributed by atoms with van der Waals surface area (Å²) in [5.74, 6) is 0.760. The molecule has 20 heavy (non-hydrogen) atoms. The van der Waals surface area contributed by atoms with Gasteiger partial charge in [-0.15, -0.1) is 11.3 Å². The van der Waals surface area contributed by atoms with Crippen molar-refractivity contribution in [1.29, 1.82) is 0 Å². The topological polar surface area (TPSA) is 24.9 Å². The van der Waals surface area contributed by atoms with Crippen molar-refractivity contribution in [1.82, 2.24) is 10.3 Å². The van der Waals surface area contributed by atoms with E-state index in [-0.39, 0.29) is 0 Å². The van der Waals surface area contributed by atoms with Gasteiger partial charge in [-0.25, -0.2) is 4.98 Å². The molecule has 3 heteroatoms. The fourth-order valence-corrected chi connectivity index (χ4v) is 3.71. The Hall–Kier alpha value is -1.19. The minimum absolute atomic E-state index is 0.664. The van der Waals surface area contributed by atoms with Crippen LogP contribution < -0.4 is 5.32 Å². The zero-order valence-corrected chi connectivity index (χ0v) is 12.8. The minimum Gasteiger partial charge on any atom is -0.308 e. The molecule has 106 valence electrons. The number of rotatable bonds is 4. The van der Waals surface area contributed by atoms with Gasteiger partial charge in [0.2, 0.25) is 0 Å². The molecule has 0 aliphatic heterocycles. The first-order valence-electron chi connectivity index (χ1n) is 7.50. The number of hydrogen-bond acceptors (Lipinski definition) is 3. The van der Waals surface area contributed by atoms with Crippen molar-refractivity contribution >= 4 is 11.3 Å². The predicted octanol–water partition coefficient (Wildman–Crippen LogP) is 4.27. The molecule has 1 aliphatic rings. The molecule has 1 aliphatic carbocycles. The number of nitrogens with one attached hydrogen (secondary N) is 1. The van der Waals surface area contributed by atoms with Gasteiger partial charge in [-0.1, -0.05) is 30.3 Å². The van der Waals surface area contributed by atoms with Crippen LogP contribution in [0.4, 0.5) is 0 Å². The van der Waals surface area contributed by atoms with Gasteiger partial charge in [-0.05, 0) is 44.1 Å². The molecule has 1 fully saturated rings. The van der Waals surface area contributed by atoms with E-state index in [2.05, 4.69) is 52.9 Å². The lowest BCUT2D eigenvalue weighted by atomic mass is 9.82. The first-order valence-corrected chi connectivity index (χ1v) is 8.38. The summed E-state index contributed by atoms with van der Waals surface area (Å²) in [6, 6.07) is 11.6. The Bertz CT molecular complexity index is 527. The third-order valence-corrected chi connectivity index (χ3v) is 5.06. The number of aromatic nitrogens is 1. The van der Waals surface area contributed by atoms with Gasteiger partial charge in [0.1, 0.15) is 0 Å². The van der Waals surface area contributed by atoms with Crippen LogP contribution in [0.1, 0.15) is 47.9 Å². The Morgan fingerprint density at radius 2 is 1.90 bits per heavy atom. The maximum atomic E-state index is 4.51. The molecular formula is C17H22N2S. The molecule has 1 heterocycles. The molecule has 2 nitrogen and oxygen atoms in total. The zero-order chi connectivity index (χ0) is 13.8. The first-order chi connectivity index (χ1) is 9.81. The Morgan fingerprint density at radius 1 is 1.15 bits per heavy atom. The molecule has 0 saturated heterocycles. The van der Waals surface area contributed by atoms with E-state index in [9.17, 15) is 0 Å². The van der Waals surface area contributed by atoms with E-state index in [1.807, 2.05) is 0 Å². The second kappa shape index (κ2) is 6.51. The summed E-state index contributed by atoms with van der Waals surface area (Å²) < 4.78 is 0. The van der Waals surface area contributed by atoms with Crippen molar-refractivity contribution < 1.29 is 0 Å². The van der Waals surface area contributed by atoms with Gasteiger partial charge in [0.25, 0.3) is 0 Å². The van der Waals surface area contributed by atoms with Crippen LogP contribution in [0.25, 0.3) is 0 Å². The van der Waals surface area contributed by atoms with E-state index in [4.69, 9.17) is 0 Å². The van der Waals surface area contributed by atoms with Crippen LogP contribution in [0.15, 0.2) is 35.7 Å². The lowest BCUT2D eigenvalue weighted by Gasteiger charge is -2.29. The highest BCUT2D eigenvalue weighted by Crippen LogP contribution is 2.32. The molecule has 0 amide bonds. The van der Waals surface area contributed by atoms with Crippen LogP contribution >= 0.6 is 11.3 Å². The molecule has 0 bridgehead atoms. The van der Waals surface area contributed by atoms with Crippen molar-refractivity contribution in [2.75, 3.05) is 0 Å². The molecule has 1 N–H and O–H groups in total. The highest BCUT2D eigenvalue weighted by molar-refractivity contribution is 7.09. The van der Waals surface area contributed by atoms with Crippen LogP contribution in [-0.2, 0) is 6.54 Å². The molecule has 1 aromatic heterocycles. The maximum Gasteiger partial charge on any atom is 0.0897 e. The lowest BCUT2D eigenvalue weighted by molar-refractivity contribution is 0.341. The van der Waals surface area contributed by atoms with E-state index in [0.29, 0.717) is 6.04 Å². The van der Waals surface area contributed by atoms with E-state index < -0.39 is 0 Å². The average molecular weight is 286 g/mol. The lowest BCUT2D eigenvalue weighted by Crippen LogP contribution is -2.32. The number of benzene rings is 1. The summed E-state index contributed by atoms with van der Waals surface area (Å²) in [7, 11) is 0. The van der Waals surface area contributed by atoms with Crippen LogP contribution in [0.3, 0.4) is 0 Å². The third-order valence-electron chi connectivity index (χ3n) is 4.24. The molecule has 0 atom stereocenters. The van der Waals surface area contributed by atoms with E-state index in [1.54, 1.807) is 11.3 Å². The first kappa shape index (κ1) is 13.8. The predicted molar refractivity (Wildman–Crippen MR) is 85.1 cm³/mol. The molecule has 3 rings (SSSR count). The standard InChI is InChI=1S/C17H22N2S/c1-13-19-17(12-20-13)11-18-16-9-7-15(8-10-16)14-5-3-2-4-6-14/h2-6,12,15-16,18H,7-11H2,1H3. The summed E-state index contributed by atoms with van der Waals surface area (Å²) >= 11 is 1.74. The number of nitrogens with zero attached hydrogens (tertiary/aromatic N) is 1. The highest BCUT2D eigenvalue weighted by atomic mass is 32.1. The number of thiazole rings is 1. The van der Waals surface area contributed by atoms with E-state index >= 15 is 0 Å². The summed E-state index contributed by atoms with van der Waals surface area (Å²) in [4.78, 5) is 4.51. The van der Waals surface area contributed by atoms with Crippen molar-refractivity contribution in [3.8, 4) is 0 Å². The Kier molecular flexibility index (Phi) is 4.48. The van der Waals surface area contributed by atoms with Gasteiger partial charge >= 0.3 is 0 Å². The zero-order valence-electron chi connectivity index (χ0n) is 12.0. The van der Waals surface area contributed by atoms with Gasteiger partial charge in [0.05, 0.1) is 10.7 Å². The SMILES string of the molecule is Cc1nc(CNC2CCC(c3ccccc3)CC2)cs1. The molecule has 2 aromatic rings. The van der Waals surface area contributed by atoms with Gasteiger partial charge < -0.3 is 5.32 Å². The van der Waals surface area contributed by atoms with E-state index in [1.165, 1.54) is 36.9 Å². The summed E-state index contributed by atoms with van der Waals surface area (Å²) in [5.41, 5.74) is 2.71. The Morgan fingerprint density at radius 3 is 2.55 bits per heavy atom. The second-order valence-corrected chi connectivity index (χ2v) is 6.76. The van der Waals surface area contributed by atoms with Crippen LogP contribution in [0.2, 0.25) is 0 Å². The fraction of sp³-hybridized carbons (Fsp3) is 0.471. The molecule has 1 aromatic carbocycles. The largest absolute Gasteiger partial charge is 0.308 e. The van der Waals surface area contributed by atoms with Gasteiger partial charge in [-0.2, -0.15) is 0 Å².